The van der Waals surface area contributed by atoms with Crippen molar-refractivity contribution >= 4 is 16.1 Å². The lowest BCUT2D eigenvalue weighted by atomic mass is 10.1. The lowest BCUT2D eigenvalue weighted by Crippen LogP contribution is -2.53. The number of carbonyl (C=O) groups excluding carboxylic acids is 1. The molecule has 0 spiro atoms. The molecule has 1 aromatic rings. The number of rotatable bonds is 5. The summed E-state index contributed by atoms with van der Waals surface area (Å²) in [5.74, 6) is -0.746. The van der Waals surface area contributed by atoms with Gasteiger partial charge in [-0.15, -0.1) is 0 Å². The number of hydrogen-bond acceptors (Lipinski definition) is 4. The lowest BCUT2D eigenvalue weighted by Gasteiger charge is -2.35. The van der Waals surface area contributed by atoms with Crippen molar-refractivity contribution in [3.63, 3.8) is 0 Å². The maximum atomic E-state index is 12.5. The Morgan fingerprint density at radius 2 is 1.82 bits per heavy atom. The molecule has 1 amide bonds. The Kier molecular flexibility index (Phi) is 5.17. The maximum Gasteiger partial charge on any atom is 0.280 e. The Labute approximate surface area is 130 Å². The van der Waals surface area contributed by atoms with Crippen LogP contribution in [0.5, 0.6) is 0 Å². The summed E-state index contributed by atoms with van der Waals surface area (Å²) in [4.78, 5) is 11.6. The summed E-state index contributed by atoms with van der Waals surface area (Å²) in [6.07, 6.45) is -0.409. The monoisotopic (exact) mass is 327 g/mol. The smallest absolute Gasteiger partial charge is 0.280 e. The van der Waals surface area contributed by atoms with Crippen LogP contribution in [-0.4, -0.2) is 43.9 Å². The molecular formula is C14H21N3O4S. The second-order valence-electron chi connectivity index (χ2n) is 5.44. The third-order valence-corrected chi connectivity index (χ3v) is 4.92. The van der Waals surface area contributed by atoms with E-state index in [1.807, 2.05) is 0 Å². The highest BCUT2D eigenvalue weighted by molar-refractivity contribution is 7.87. The van der Waals surface area contributed by atoms with Crippen molar-refractivity contribution in [3.8, 4) is 0 Å². The summed E-state index contributed by atoms with van der Waals surface area (Å²) in [6.45, 7) is 4.09. The van der Waals surface area contributed by atoms with Crippen LogP contribution in [0.3, 0.4) is 0 Å². The van der Waals surface area contributed by atoms with Gasteiger partial charge in [0.2, 0.25) is 5.91 Å². The van der Waals surface area contributed by atoms with Gasteiger partial charge < -0.3 is 10.5 Å². The molecule has 0 saturated carbocycles. The molecule has 2 rings (SSSR count). The van der Waals surface area contributed by atoms with Gasteiger partial charge in [0.05, 0.1) is 12.2 Å². The minimum atomic E-state index is -3.84. The average Bonchev–Trinajstić information content (AvgIpc) is 2.44. The van der Waals surface area contributed by atoms with Crippen molar-refractivity contribution in [2.24, 2.45) is 5.73 Å². The van der Waals surface area contributed by atoms with E-state index in [4.69, 9.17) is 10.5 Å². The first-order valence-electron chi connectivity index (χ1n) is 7.06. The quantitative estimate of drug-likeness (QED) is 0.804. The molecule has 3 atom stereocenters. The number of ether oxygens (including phenoxy) is 1. The maximum absolute atomic E-state index is 12.5. The van der Waals surface area contributed by atoms with Crippen LogP contribution in [0.1, 0.15) is 25.5 Å². The summed E-state index contributed by atoms with van der Waals surface area (Å²) >= 11 is 0. The number of morpholine rings is 1. The summed E-state index contributed by atoms with van der Waals surface area (Å²) in [5, 5.41) is 0. The summed E-state index contributed by atoms with van der Waals surface area (Å²) < 4.78 is 34.2. The van der Waals surface area contributed by atoms with Crippen molar-refractivity contribution in [2.75, 3.05) is 13.1 Å². The zero-order chi connectivity index (χ0) is 16.3. The fraction of sp³-hybridized carbons (Fsp3) is 0.500. The van der Waals surface area contributed by atoms with E-state index in [2.05, 4.69) is 4.72 Å². The fourth-order valence-electron chi connectivity index (χ4n) is 2.49. The predicted molar refractivity (Wildman–Crippen MR) is 82.0 cm³/mol. The molecule has 1 aliphatic rings. The predicted octanol–water partition coefficient (Wildman–Crippen LogP) is 0.157. The van der Waals surface area contributed by atoms with Crippen molar-refractivity contribution in [1.82, 2.24) is 9.03 Å². The van der Waals surface area contributed by atoms with Crippen LogP contribution in [-0.2, 0) is 19.7 Å². The van der Waals surface area contributed by atoms with Gasteiger partial charge in [0.1, 0.15) is 6.04 Å². The number of carbonyl (C=O) groups is 1. The molecule has 1 heterocycles. The van der Waals surface area contributed by atoms with Gasteiger partial charge in [0.25, 0.3) is 10.2 Å². The molecule has 0 bridgehead atoms. The van der Waals surface area contributed by atoms with Crippen LogP contribution in [0.4, 0.5) is 0 Å². The van der Waals surface area contributed by atoms with Crippen molar-refractivity contribution in [3.05, 3.63) is 35.9 Å². The van der Waals surface area contributed by atoms with Crippen LogP contribution < -0.4 is 10.5 Å². The molecule has 0 aromatic heterocycles. The molecule has 3 N–H and O–H groups in total. The van der Waals surface area contributed by atoms with Gasteiger partial charge in [-0.2, -0.15) is 17.4 Å². The van der Waals surface area contributed by atoms with Gasteiger partial charge in [0.15, 0.2) is 0 Å². The SMILES string of the molecule is C[C@@H]1CN(S(=O)(=O)N[C@H](C(N)=O)c2ccccc2)C[C@@H](C)O1. The van der Waals surface area contributed by atoms with E-state index in [1.54, 1.807) is 44.2 Å². The third kappa shape index (κ3) is 4.04. The highest BCUT2D eigenvalue weighted by Crippen LogP contribution is 2.18. The van der Waals surface area contributed by atoms with Crippen LogP contribution in [0.15, 0.2) is 30.3 Å². The van der Waals surface area contributed by atoms with Crippen LogP contribution in [0.25, 0.3) is 0 Å². The molecule has 0 unspecified atom stereocenters. The summed E-state index contributed by atoms with van der Waals surface area (Å²) in [6, 6.07) is 7.43. The van der Waals surface area contributed by atoms with Gasteiger partial charge in [-0.1, -0.05) is 30.3 Å². The Bertz CT molecular complexity index is 610. The first-order chi connectivity index (χ1) is 10.3. The molecule has 0 aliphatic carbocycles. The number of nitrogens with one attached hydrogen (secondary N) is 1. The van der Waals surface area contributed by atoms with E-state index in [0.717, 1.165) is 0 Å². The molecule has 0 radical (unpaired) electrons. The van der Waals surface area contributed by atoms with Gasteiger partial charge >= 0.3 is 0 Å². The Balaban J connectivity index is 2.20. The number of benzene rings is 1. The number of nitrogens with two attached hydrogens (primary N) is 1. The molecule has 22 heavy (non-hydrogen) atoms. The van der Waals surface area contributed by atoms with Crippen LogP contribution in [0, 0.1) is 0 Å². The molecule has 1 saturated heterocycles. The number of hydrogen-bond donors (Lipinski definition) is 2. The van der Waals surface area contributed by atoms with Crippen molar-refractivity contribution in [1.29, 1.82) is 0 Å². The molecule has 1 aliphatic heterocycles. The number of primary amides is 1. The summed E-state index contributed by atoms with van der Waals surface area (Å²) in [7, 11) is -3.84. The minimum Gasteiger partial charge on any atom is -0.373 e. The van der Waals surface area contributed by atoms with E-state index in [1.165, 1.54) is 4.31 Å². The van der Waals surface area contributed by atoms with Crippen molar-refractivity contribution < 1.29 is 17.9 Å². The fourth-order valence-corrected chi connectivity index (χ4v) is 4.00. The largest absolute Gasteiger partial charge is 0.373 e. The summed E-state index contributed by atoms with van der Waals surface area (Å²) in [5.41, 5.74) is 5.86. The topological polar surface area (TPSA) is 102 Å². The Hall–Kier alpha value is -1.48. The van der Waals surface area contributed by atoms with Crippen LogP contribution in [0.2, 0.25) is 0 Å². The number of amides is 1. The molecule has 8 heteroatoms. The second kappa shape index (κ2) is 6.74. The average molecular weight is 327 g/mol. The normalized spacial score (nSPS) is 24.8. The van der Waals surface area contributed by atoms with Gasteiger partial charge in [-0.25, -0.2) is 0 Å². The lowest BCUT2D eigenvalue weighted by molar-refractivity contribution is -0.119. The molecule has 1 aromatic carbocycles. The highest BCUT2D eigenvalue weighted by atomic mass is 32.2. The van der Waals surface area contributed by atoms with Gasteiger partial charge in [0, 0.05) is 13.1 Å². The molecule has 122 valence electrons. The molecule has 1 fully saturated rings. The minimum absolute atomic E-state index is 0.205. The zero-order valence-corrected chi connectivity index (χ0v) is 13.4. The number of nitrogens with zero attached hydrogens (tertiary/aromatic N) is 1. The standard InChI is InChI=1S/C14H21N3O4S/c1-10-8-17(9-11(2)21-10)22(19,20)16-13(14(15)18)12-6-4-3-5-7-12/h3-7,10-11,13,16H,8-9H2,1-2H3,(H2,15,18)/t10-,11-,13+/m1/s1. The highest BCUT2D eigenvalue weighted by Gasteiger charge is 2.34. The van der Waals surface area contributed by atoms with Gasteiger partial charge in [-0.05, 0) is 19.4 Å². The zero-order valence-electron chi connectivity index (χ0n) is 12.6. The Morgan fingerprint density at radius 1 is 1.27 bits per heavy atom. The first-order valence-corrected chi connectivity index (χ1v) is 8.50. The van der Waals surface area contributed by atoms with E-state index in [-0.39, 0.29) is 25.3 Å². The van der Waals surface area contributed by atoms with E-state index in [9.17, 15) is 13.2 Å². The van der Waals surface area contributed by atoms with E-state index >= 15 is 0 Å². The molecule has 7 nitrogen and oxygen atoms in total. The Morgan fingerprint density at radius 3 is 2.32 bits per heavy atom. The van der Waals surface area contributed by atoms with E-state index in [0.29, 0.717) is 5.56 Å². The van der Waals surface area contributed by atoms with Gasteiger partial charge in [-0.3, -0.25) is 4.79 Å². The first kappa shape index (κ1) is 16.9. The third-order valence-electron chi connectivity index (χ3n) is 3.41. The molecular weight excluding hydrogens is 306 g/mol. The van der Waals surface area contributed by atoms with E-state index < -0.39 is 22.2 Å². The van der Waals surface area contributed by atoms with Crippen LogP contribution >= 0.6 is 0 Å². The van der Waals surface area contributed by atoms with Crippen molar-refractivity contribution in [2.45, 2.75) is 32.1 Å². The second-order valence-corrected chi connectivity index (χ2v) is 7.15.